The van der Waals surface area contributed by atoms with Crippen molar-refractivity contribution in [2.24, 2.45) is 0 Å². The maximum absolute atomic E-state index is 12.4. The van der Waals surface area contributed by atoms with E-state index < -0.39 is 42.9 Å². The van der Waals surface area contributed by atoms with Crippen LogP contribution in [0.1, 0.15) is 10.4 Å². The minimum atomic E-state index is -4.37. The van der Waals surface area contributed by atoms with Crippen LogP contribution in [0.2, 0.25) is 0 Å². The van der Waals surface area contributed by atoms with Gasteiger partial charge in [0.25, 0.3) is 10.0 Å². The third-order valence-electron chi connectivity index (χ3n) is 3.00. The van der Waals surface area contributed by atoms with E-state index in [4.69, 9.17) is 10.8 Å². The number of nitrogens with one attached hydrogen (secondary N) is 1. The third kappa shape index (κ3) is 3.20. The maximum Gasteiger partial charge on any atom is 0.337 e. The van der Waals surface area contributed by atoms with Gasteiger partial charge in [0.15, 0.2) is 0 Å². The second kappa shape index (κ2) is 6.04. The highest BCUT2D eigenvalue weighted by Gasteiger charge is 2.25. The van der Waals surface area contributed by atoms with Crippen LogP contribution in [-0.2, 0) is 10.0 Å². The van der Waals surface area contributed by atoms with Crippen LogP contribution in [0.4, 0.5) is 17.1 Å². The van der Waals surface area contributed by atoms with Gasteiger partial charge >= 0.3 is 11.7 Å². The summed E-state index contributed by atoms with van der Waals surface area (Å²) in [5.74, 6) is -2.21. The van der Waals surface area contributed by atoms with E-state index in [1.807, 2.05) is 4.72 Å². The van der Waals surface area contributed by atoms with Crippen LogP contribution in [-0.4, -0.2) is 29.5 Å². The number of phenolic OH excluding ortho intramolecular Hbond substituents is 1. The zero-order chi connectivity index (χ0) is 18.1. The van der Waals surface area contributed by atoms with E-state index >= 15 is 0 Å². The normalized spacial score (nSPS) is 11.0. The van der Waals surface area contributed by atoms with Crippen molar-refractivity contribution < 1.29 is 28.3 Å². The Morgan fingerprint density at radius 2 is 1.88 bits per heavy atom. The SMILES string of the molecule is Nc1cc(S(=O)(=O)Nc2ccccc2C(=O)O)cc([N+](=O)[O-])c1O. The number of nitrogen functional groups attached to an aromatic ring is 1. The topological polar surface area (TPSA) is 173 Å². The molecule has 126 valence electrons. The van der Waals surface area contributed by atoms with Gasteiger partial charge in [-0.1, -0.05) is 12.1 Å². The molecule has 0 atom stereocenters. The fraction of sp³-hybridized carbons (Fsp3) is 0. The van der Waals surface area contributed by atoms with Crippen molar-refractivity contribution in [2.75, 3.05) is 10.5 Å². The Balaban J connectivity index is 2.53. The zero-order valence-electron chi connectivity index (χ0n) is 11.8. The van der Waals surface area contributed by atoms with E-state index in [-0.39, 0.29) is 11.3 Å². The molecule has 0 amide bonds. The van der Waals surface area contributed by atoms with Crippen LogP contribution >= 0.6 is 0 Å². The Hall–Kier alpha value is -3.34. The largest absolute Gasteiger partial charge is 0.501 e. The molecule has 2 aromatic carbocycles. The molecule has 0 fully saturated rings. The first-order valence-electron chi connectivity index (χ1n) is 6.25. The summed E-state index contributed by atoms with van der Waals surface area (Å²) in [6.45, 7) is 0. The lowest BCUT2D eigenvalue weighted by molar-refractivity contribution is -0.386. The number of hydrogen-bond donors (Lipinski definition) is 4. The Morgan fingerprint density at radius 1 is 1.25 bits per heavy atom. The van der Waals surface area contributed by atoms with E-state index in [1.54, 1.807) is 0 Å². The Labute approximate surface area is 135 Å². The van der Waals surface area contributed by atoms with Gasteiger partial charge in [-0.3, -0.25) is 14.8 Å². The number of nitro groups is 1. The Kier molecular flexibility index (Phi) is 4.28. The van der Waals surface area contributed by atoms with Crippen LogP contribution in [0, 0.1) is 10.1 Å². The number of hydrogen-bond acceptors (Lipinski definition) is 7. The number of sulfonamides is 1. The lowest BCUT2D eigenvalue weighted by Crippen LogP contribution is -2.16. The number of carbonyl (C=O) groups is 1. The molecule has 0 aliphatic carbocycles. The van der Waals surface area contributed by atoms with Crippen LogP contribution in [0.15, 0.2) is 41.3 Å². The summed E-state index contributed by atoms with van der Waals surface area (Å²) in [6.07, 6.45) is 0. The molecule has 11 heteroatoms. The Morgan fingerprint density at radius 3 is 2.46 bits per heavy atom. The van der Waals surface area contributed by atoms with Crippen molar-refractivity contribution in [1.82, 2.24) is 0 Å². The van der Waals surface area contributed by atoms with Crippen LogP contribution in [0.5, 0.6) is 5.75 Å². The molecule has 24 heavy (non-hydrogen) atoms. The highest BCUT2D eigenvalue weighted by molar-refractivity contribution is 7.92. The highest BCUT2D eigenvalue weighted by Crippen LogP contribution is 2.35. The average Bonchev–Trinajstić information content (AvgIpc) is 2.49. The Bertz CT molecular complexity index is 941. The number of para-hydroxylation sites is 1. The summed E-state index contributed by atoms with van der Waals surface area (Å²) in [7, 11) is -4.37. The van der Waals surface area contributed by atoms with Gasteiger partial charge < -0.3 is 15.9 Å². The molecule has 5 N–H and O–H groups in total. The van der Waals surface area contributed by atoms with Crippen LogP contribution in [0.3, 0.4) is 0 Å². The summed E-state index contributed by atoms with van der Waals surface area (Å²) in [4.78, 5) is 20.4. The highest BCUT2D eigenvalue weighted by atomic mass is 32.2. The molecule has 0 bridgehead atoms. The first kappa shape index (κ1) is 17.0. The summed E-state index contributed by atoms with van der Waals surface area (Å²) >= 11 is 0. The molecule has 0 radical (unpaired) electrons. The first-order chi connectivity index (χ1) is 11.1. The summed E-state index contributed by atoms with van der Waals surface area (Å²) < 4.78 is 26.7. The average molecular weight is 353 g/mol. The molecular weight excluding hydrogens is 342 g/mol. The number of aromatic hydroxyl groups is 1. The number of anilines is 2. The molecule has 0 aliphatic heterocycles. The molecule has 0 heterocycles. The van der Waals surface area contributed by atoms with Crippen molar-refractivity contribution in [3.8, 4) is 5.75 Å². The molecular formula is C13H11N3O7S. The van der Waals surface area contributed by atoms with Crippen molar-refractivity contribution in [3.63, 3.8) is 0 Å². The lowest BCUT2D eigenvalue weighted by atomic mass is 10.2. The number of aromatic carboxylic acids is 1. The van der Waals surface area contributed by atoms with E-state index in [0.717, 1.165) is 6.07 Å². The van der Waals surface area contributed by atoms with E-state index in [2.05, 4.69) is 0 Å². The maximum atomic E-state index is 12.4. The molecule has 10 nitrogen and oxygen atoms in total. The molecule has 0 spiro atoms. The quantitative estimate of drug-likeness (QED) is 0.270. The van der Waals surface area contributed by atoms with Gasteiger partial charge in [0.05, 0.1) is 26.8 Å². The van der Waals surface area contributed by atoms with Crippen LogP contribution < -0.4 is 10.5 Å². The number of nitrogens with zero attached hydrogens (tertiary/aromatic N) is 1. The minimum absolute atomic E-state index is 0.223. The number of phenols is 1. The van der Waals surface area contributed by atoms with Gasteiger partial charge in [-0.25, -0.2) is 13.2 Å². The first-order valence-corrected chi connectivity index (χ1v) is 7.74. The van der Waals surface area contributed by atoms with E-state index in [1.165, 1.54) is 24.3 Å². The van der Waals surface area contributed by atoms with Gasteiger partial charge in [0.1, 0.15) is 0 Å². The zero-order valence-corrected chi connectivity index (χ0v) is 12.6. The summed E-state index contributed by atoms with van der Waals surface area (Å²) in [6, 6.07) is 6.68. The van der Waals surface area contributed by atoms with Crippen molar-refractivity contribution in [2.45, 2.75) is 4.90 Å². The van der Waals surface area contributed by atoms with Crippen molar-refractivity contribution in [3.05, 3.63) is 52.1 Å². The van der Waals surface area contributed by atoms with Gasteiger partial charge in [0.2, 0.25) is 5.75 Å². The second-order valence-electron chi connectivity index (χ2n) is 4.59. The molecule has 0 aliphatic rings. The van der Waals surface area contributed by atoms with Crippen molar-refractivity contribution in [1.29, 1.82) is 0 Å². The number of nitro benzene ring substituents is 1. The monoisotopic (exact) mass is 353 g/mol. The molecule has 2 rings (SSSR count). The van der Waals surface area contributed by atoms with Gasteiger partial charge in [-0.15, -0.1) is 0 Å². The number of carboxylic acids is 1. The second-order valence-corrected chi connectivity index (χ2v) is 6.28. The molecule has 0 saturated heterocycles. The van der Waals surface area contributed by atoms with Crippen molar-refractivity contribution >= 4 is 33.1 Å². The lowest BCUT2D eigenvalue weighted by Gasteiger charge is -2.11. The van der Waals surface area contributed by atoms with Gasteiger partial charge in [0, 0.05) is 6.07 Å². The fourth-order valence-corrected chi connectivity index (χ4v) is 3.01. The number of rotatable bonds is 5. The number of carboxylic acid groups (broad SMARTS) is 1. The molecule has 0 saturated carbocycles. The predicted octanol–water partition coefficient (Wildman–Crippen LogP) is 1.38. The molecule has 0 aromatic heterocycles. The fourth-order valence-electron chi connectivity index (χ4n) is 1.87. The number of nitrogens with two attached hydrogens (primary N) is 1. The van der Waals surface area contributed by atoms with E-state index in [9.17, 15) is 28.4 Å². The number of benzene rings is 2. The third-order valence-corrected chi connectivity index (χ3v) is 4.35. The van der Waals surface area contributed by atoms with Crippen LogP contribution in [0.25, 0.3) is 0 Å². The van der Waals surface area contributed by atoms with Gasteiger partial charge in [-0.05, 0) is 18.2 Å². The van der Waals surface area contributed by atoms with Gasteiger partial charge in [-0.2, -0.15) is 0 Å². The predicted molar refractivity (Wildman–Crippen MR) is 83.4 cm³/mol. The minimum Gasteiger partial charge on any atom is -0.501 e. The van der Waals surface area contributed by atoms with E-state index in [0.29, 0.717) is 6.07 Å². The smallest absolute Gasteiger partial charge is 0.337 e. The molecule has 0 unspecified atom stereocenters. The summed E-state index contributed by atoms with van der Waals surface area (Å²) in [5.41, 5.74) is 3.47. The molecule has 2 aromatic rings. The summed E-state index contributed by atoms with van der Waals surface area (Å²) in [5, 5.41) is 29.4. The standard InChI is InChI=1S/C13H11N3O7S/c14-9-5-7(6-11(12(9)17)16(20)21)24(22,23)15-10-4-2-1-3-8(10)13(18)19/h1-6,15,17H,14H2,(H,18,19).